The van der Waals surface area contributed by atoms with Crippen LogP contribution in [-0.4, -0.2) is 46.3 Å². The molecule has 1 aromatic heterocycles. The number of halogens is 1. The van der Waals surface area contributed by atoms with Crippen LogP contribution in [0.15, 0.2) is 6.07 Å². The second kappa shape index (κ2) is 4.89. The minimum absolute atomic E-state index is 0.0232. The molecule has 2 rings (SSSR count). The van der Waals surface area contributed by atoms with Crippen molar-refractivity contribution in [2.24, 2.45) is 0 Å². The molecule has 18 heavy (non-hydrogen) atoms. The molecule has 2 amide bonds. The van der Waals surface area contributed by atoms with Crippen molar-refractivity contribution in [2.45, 2.75) is 19.4 Å². The number of rotatable bonds is 2. The fraction of sp³-hybridized carbons (Fsp3) is 0.455. The van der Waals surface area contributed by atoms with E-state index in [1.165, 1.54) is 6.07 Å². The van der Waals surface area contributed by atoms with E-state index in [1.807, 2.05) is 0 Å². The smallest absolute Gasteiger partial charge is 0.270 e. The molecule has 1 aliphatic rings. The van der Waals surface area contributed by atoms with Gasteiger partial charge in [0.05, 0.1) is 0 Å². The summed E-state index contributed by atoms with van der Waals surface area (Å²) in [6.07, 6.45) is 0.610. The topological polar surface area (TPSA) is 75.2 Å². The fourth-order valence-electron chi connectivity index (χ4n) is 1.84. The van der Waals surface area contributed by atoms with Gasteiger partial charge in [0.25, 0.3) is 5.91 Å². The highest BCUT2D eigenvalue weighted by atomic mass is 35.5. The zero-order valence-electron chi connectivity index (χ0n) is 10.1. The van der Waals surface area contributed by atoms with Crippen LogP contribution in [0.3, 0.4) is 0 Å². The summed E-state index contributed by atoms with van der Waals surface area (Å²) in [5.74, 6) is -0.490. The Balaban J connectivity index is 2.10. The summed E-state index contributed by atoms with van der Waals surface area (Å²) in [6, 6.07) is 1.06. The van der Waals surface area contributed by atoms with Gasteiger partial charge in [-0.2, -0.15) is 0 Å². The van der Waals surface area contributed by atoms with Crippen molar-refractivity contribution in [3.05, 3.63) is 22.7 Å². The summed E-state index contributed by atoms with van der Waals surface area (Å²) < 4.78 is 0. The van der Waals surface area contributed by atoms with Crippen molar-refractivity contribution < 1.29 is 9.59 Å². The maximum atomic E-state index is 11.9. The number of aromatic nitrogens is 2. The van der Waals surface area contributed by atoms with E-state index >= 15 is 0 Å². The van der Waals surface area contributed by atoms with Gasteiger partial charge in [0.15, 0.2) is 0 Å². The van der Waals surface area contributed by atoms with Gasteiger partial charge in [0, 0.05) is 19.3 Å². The lowest BCUT2D eigenvalue weighted by Crippen LogP contribution is -2.40. The van der Waals surface area contributed by atoms with Crippen molar-refractivity contribution in [3.63, 3.8) is 0 Å². The number of nitrogens with one attached hydrogen (secondary N) is 1. The maximum Gasteiger partial charge on any atom is 0.270 e. The molecule has 1 unspecified atom stereocenters. The van der Waals surface area contributed by atoms with E-state index in [1.54, 1.807) is 18.9 Å². The van der Waals surface area contributed by atoms with Gasteiger partial charge in [-0.05, 0) is 31.0 Å². The van der Waals surface area contributed by atoms with E-state index in [0.717, 1.165) is 0 Å². The van der Waals surface area contributed by atoms with Crippen molar-refractivity contribution in [2.75, 3.05) is 13.6 Å². The third-order valence-electron chi connectivity index (χ3n) is 2.79. The van der Waals surface area contributed by atoms with Gasteiger partial charge in [0.1, 0.15) is 11.7 Å². The largest absolute Gasteiger partial charge is 0.344 e. The first-order valence-electron chi connectivity index (χ1n) is 5.54. The van der Waals surface area contributed by atoms with Gasteiger partial charge < -0.3 is 10.2 Å². The molecule has 6 nitrogen and oxygen atoms in total. The molecule has 0 aromatic carbocycles. The minimum Gasteiger partial charge on any atom is -0.344 e. The Labute approximate surface area is 109 Å². The molecule has 0 bridgehead atoms. The average Bonchev–Trinajstić information content (AvgIpc) is 2.59. The van der Waals surface area contributed by atoms with Gasteiger partial charge in [-0.25, -0.2) is 9.97 Å². The molecule has 2 heterocycles. The highest BCUT2D eigenvalue weighted by Crippen LogP contribution is 2.10. The van der Waals surface area contributed by atoms with Gasteiger partial charge in [-0.1, -0.05) is 0 Å². The predicted octanol–water partition coefficient (Wildman–Crippen LogP) is 0.399. The number of carbonyl (C=O) groups excluding carboxylic acids is 2. The lowest BCUT2D eigenvalue weighted by atomic mass is 10.2. The summed E-state index contributed by atoms with van der Waals surface area (Å²) in [5, 5.41) is 2.67. The second-order valence-electron chi connectivity index (χ2n) is 4.24. The molecule has 96 valence electrons. The van der Waals surface area contributed by atoms with Crippen molar-refractivity contribution >= 4 is 23.4 Å². The molecule has 0 saturated carbocycles. The molecule has 0 aliphatic carbocycles. The Morgan fingerprint density at radius 2 is 2.28 bits per heavy atom. The fourth-order valence-corrected chi connectivity index (χ4v) is 2.06. The number of likely N-dealkylation sites (N-methyl/N-ethyl adjacent to an activating group) is 1. The normalized spacial score (nSPS) is 19.2. The van der Waals surface area contributed by atoms with Gasteiger partial charge >= 0.3 is 0 Å². The van der Waals surface area contributed by atoms with Crippen molar-refractivity contribution in [1.29, 1.82) is 0 Å². The first-order valence-corrected chi connectivity index (χ1v) is 5.92. The number of hydrogen-bond donors (Lipinski definition) is 1. The molecule has 1 atom stereocenters. The Bertz CT molecular complexity index is 486. The number of aryl methyl sites for hydroxylation is 1. The van der Waals surface area contributed by atoms with Crippen molar-refractivity contribution in [3.8, 4) is 0 Å². The first kappa shape index (κ1) is 12.8. The standard InChI is InChI=1S/C11H13ClN4O2/c1-6-5-8(15-11(12)13-6)9(17)14-7-3-4-16(2)10(7)18/h5,7H,3-4H2,1-2H3,(H,14,17). The Morgan fingerprint density at radius 1 is 1.56 bits per heavy atom. The van der Waals surface area contributed by atoms with Crippen LogP contribution in [0.2, 0.25) is 5.28 Å². The molecular weight excluding hydrogens is 256 g/mol. The van der Waals surface area contributed by atoms with E-state index in [-0.39, 0.29) is 16.9 Å². The van der Waals surface area contributed by atoms with Crippen LogP contribution in [0.4, 0.5) is 0 Å². The van der Waals surface area contributed by atoms with Crippen LogP contribution in [0.1, 0.15) is 22.6 Å². The number of likely N-dealkylation sites (tertiary alicyclic amines) is 1. The molecule has 1 aromatic rings. The lowest BCUT2D eigenvalue weighted by Gasteiger charge is -2.12. The third-order valence-corrected chi connectivity index (χ3v) is 2.96. The average molecular weight is 269 g/mol. The summed E-state index contributed by atoms with van der Waals surface area (Å²) in [5.41, 5.74) is 0.782. The van der Waals surface area contributed by atoms with E-state index in [0.29, 0.717) is 18.7 Å². The molecule has 7 heteroatoms. The zero-order valence-corrected chi connectivity index (χ0v) is 10.9. The molecule has 0 radical (unpaired) electrons. The van der Waals surface area contributed by atoms with E-state index in [9.17, 15) is 9.59 Å². The molecule has 1 aliphatic heterocycles. The first-order chi connectivity index (χ1) is 8.47. The molecule has 1 fully saturated rings. The summed E-state index contributed by atoms with van der Waals surface area (Å²) in [4.78, 5) is 32.9. The number of amides is 2. The Morgan fingerprint density at radius 3 is 2.83 bits per heavy atom. The highest BCUT2D eigenvalue weighted by Gasteiger charge is 2.30. The highest BCUT2D eigenvalue weighted by molar-refractivity contribution is 6.28. The Hall–Kier alpha value is -1.69. The van der Waals surface area contributed by atoms with Gasteiger partial charge in [-0.15, -0.1) is 0 Å². The minimum atomic E-state index is -0.475. The lowest BCUT2D eigenvalue weighted by molar-refractivity contribution is -0.128. The SMILES string of the molecule is Cc1cc(C(=O)NC2CCN(C)C2=O)nc(Cl)n1. The van der Waals surface area contributed by atoms with Crippen LogP contribution in [0.25, 0.3) is 0 Å². The number of carbonyl (C=O) groups is 2. The number of nitrogens with zero attached hydrogens (tertiary/aromatic N) is 3. The van der Waals surface area contributed by atoms with Crippen LogP contribution >= 0.6 is 11.6 Å². The zero-order chi connectivity index (χ0) is 13.3. The van der Waals surface area contributed by atoms with Crippen LogP contribution in [0, 0.1) is 6.92 Å². The summed E-state index contributed by atoms with van der Waals surface area (Å²) >= 11 is 5.69. The Kier molecular flexibility index (Phi) is 3.47. The van der Waals surface area contributed by atoms with E-state index < -0.39 is 11.9 Å². The monoisotopic (exact) mass is 268 g/mol. The van der Waals surface area contributed by atoms with E-state index in [4.69, 9.17) is 11.6 Å². The van der Waals surface area contributed by atoms with Crippen LogP contribution < -0.4 is 5.32 Å². The third kappa shape index (κ3) is 2.59. The summed E-state index contributed by atoms with van der Waals surface area (Å²) in [7, 11) is 1.71. The van der Waals surface area contributed by atoms with Gasteiger partial charge in [0.2, 0.25) is 11.2 Å². The van der Waals surface area contributed by atoms with Crippen molar-refractivity contribution in [1.82, 2.24) is 20.2 Å². The molecule has 1 saturated heterocycles. The predicted molar refractivity (Wildman–Crippen MR) is 65.3 cm³/mol. The molecule has 1 N–H and O–H groups in total. The second-order valence-corrected chi connectivity index (χ2v) is 4.58. The van der Waals surface area contributed by atoms with E-state index in [2.05, 4.69) is 15.3 Å². The van der Waals surface area contributed by atoms with Crippen LogP contribution in [-0.2, 0) is 4.79 Å². The quantitative estimate of drug-likeness (QED) is 0.788. The molecule has 0 spiro atoms. The maximum absolute atomic E-state index is 11.9. The van der Waals surface area contributed by atoms with Gasteiger partial charge in [-0.3, -0.25) is 9.59 Å². The summed E-state index contributed by atoms with van der Waals surface area (Å²) in [6.45, 7) is 2.37. The van der Waals surface area contributed by atoms with Crippen LogP contribution in [0.5, 0.6) is 0 Å². The number of hydrogen-bond acceptors (Lipinski definition) is 4. The molecular formula is C11H13ClN4O2.